The van der Waals surface area contributed by atoms with Gasteiger partial charge < -0.3 is 9.84 Å². The second-order valence-electron chi connectivity index (χ2n) is 6.61. The van der Waals surface area contributed by atoms with Crippen LogP contribution in [0.4, 0.5) is 0 Å². The Hall–Kier alpha value is -2.07. The molecule has 0 aliphatic heterocycles. The van der Waals surface area contributed by atoms with Gasteiger partial charge >= 0.3 is 35.5 Å². The molecule has 0 fully saturated rings. The Kier molecular flexibility index (Phi) is 6.38. The molecule has 0 radical (unpaired) electrons. The number of aryl methyl sites for hydroxylation is 1. The number of carboxylic acids is 1. The summed E-state index contributed by atoms with van der Waals surface area (Å²) >= 11 is 0. The van der Waals surface area contributed by atoms with Gasteiger partial charge in [0.15, 0.2) is 0 Å². The van der Waals surface area contributed by atoms with E-state index < -0.39 is 5.97 Å². The molecule has 1 unspecified atom stereocenters. The quantitative estimate of drug-likeness (QED) is 0.679. The summed E-state index contributed by atoms with van der Waals surface area (Å²) in [5, 5.41) is 9.25. The summed E-state index contributed by atoms with van der Waals surface area (Å²) in [5.74, 6) is 0.271. The molecule has 1 aliphatic carbocycles. The average molecular weight is 368 g/mol. The second kappa shape index (κ2) is 8.75. The number of hydrogen-bond acceptors (Lipinski definition) is 2. The van der Waals surface area contributed by atoms with Crippen molar-refractivity contribution in [2.75, 3.05) is 0 Å². The van der Waals surface area contributed by atoms with Crippen LogP contribution in [0.3, 0.4) is 0 Å². The second-order valence-corrected chi connectivity index (χ2v) is 6.61. The zero-order valence-corrected chi connectivity index (χ0v) is 14.4. The van der Waals surface area contributed by atoms with Gasteiger partial charge in [0, 0.05) is 11.5 Å². The van der Waals surface area contributed by atoms with Gasteiger partial charge in [-0.05, 0) is 47.7 Å². The first-order valence-corrected chi connectivity index (χ1v) is 8.84. The Balaban J connectivity index is 0.00000210. The van der Waals surface area contributed by atoms with E-state index >= 15 is 0 Å². The Morgan fingerprint density at radius 1 is 0.963 bits per heavy atom. The fraction of sp³-hybridized carbons (Fsp3) is 0.174. The van der Waals surface area contributed by atoms with Gasteiger partial charge in [-0.1, -0.05) is 54.6 Å². The van der Waals surface area contributed by atoms with Crippen LogP contribution in [-0.2, 0) is 13.0 Å². The Morgan fingerprint density at radius 3 is 2.44 bits per heavy atom. The molecule has 132 valence electrons. The van der Waals surface area contributed by atoms with Gasteiger partial charge in [0.1, 0.15) is 12.4 Å². The van der Waals surface area contributed by atoms with Crippen LogP contribution in [0.2, 0.25) is 0 Å². The van der Waals surface area contributed by atoms with Crippen molar-refractivity contribution in [1.82, 2.24) is 0 Å². The summed E-state index contributed by atoms with van der Waals surface area (Å²) in [7, 11) is 0. The molecule has 0 heterocycles. The predicted octanol–water partition coefficient (Wildman–Crippen LogP) is 4.39. The molecule has 3 aromatic carbocycles. The van der Waals surface area contributed by atoms with Crippen LogP contribution >= 0.6 is 0 Å². The van der Waals surface area contributed by atoms with Crippen molar-refractivity contribution < 1.29 is 14.6 Å². The molecule has 4 heteroatoms. The first-order valence-electron chi connectivity index (χ1n) is 8.84. The van der Waals surface area contributed by atoms with Gasteiger partial charge in [0.25, 0.3) is 0 Å². The van der Waals surface area contributed by atoms with Crippen LogP contribution in [0.25, 0.3) is 0 Å². The number of fused-ring (bicyclic) bond motifs is 1. The van der Waals surface area contributed by atoms with E-state index in [1.54, 1.807) is 18.2 Å². The van der Waals surface area contributed by atoms with Crippen molar-refractivity contribution in [2.24, 2.45) is 0 Å². The van der Waals surface area contributed by atoms with E-state index in [9.17, 15) is 9.90 Å². The molecule has 0 spiro atoms. The van der Waals surface area contributed by atoms with Gasteiger partial charge in [0.2, 0.25) is 0 Å². The van der Waals surface area contributed by atoms with Crippen molar-refractivity contribution in [3.63, 3.8) is 0 Å². The molecule has 1 aliphatic rings. The molecule has 1 N–H and O–H groups in total. The van der Waals surface area contributed by atoms with Crippen LogP contribution < -0.4 is 4.74 Å². The summed E-state index contributed by atoms with van der Waals surface area (Å²) < 4.78 is 5.81. The molecule has 4 rings (SSSR count). The predicted molar refractivity (Wildman–Crippen MR) is 108 cm³/mol. The molecule has 0 bridgehead atoms. The van der Waals surface area contributed by atoms with Crippen LogP contribution in [0.15, 0.2) is 72.8 Å². The monoisotopic (exact) mass is 368 g/mol. The van der Waals surface area contributed by atoms with Crippen LogP contribution in [-0.4, -0.2) is 40.6 Å². The molecule has 0 aromatic heterocycles. The minimum atomic E-state index is -0.931. The number of carbonyl (C=O) groups is 1. The van der Waals surface area contributed by atoms with Crippen LogP contribution in [0.5, 0.6) is 5.75 Å². The summed E-state index contributed by atoms with van der Waals surface area (Å²) in [6.45, 7) is 0.244. The van der Waals surface area contributed by atoms with Crippen LogP contribution in [0.1, 0.15) is 45.0 Å². The fourth-order valence-corrected chi connectivity index (χ4v) is 3.72. The van der Waals surface area contributed by atoms with E-state index in [0.717, 1.165) is 18.6 Å². The molecule has 1 atom stereocenters. The first kappa shape index (κ1) is 19.7. The van der Waals surface area contributed by atoms with Crippen molar-refractivity contribution in [3.8, 4) is 5.75 Å². The number of ether oxygens (including phenoxy) is 1. The first-order chi connectivity index (χ1) is 12.7. The third-order valence-electron chi connectivity index (χ3n) is 5.06. The number of benzene rings is 3. The molecule has 0 saturated carbocycles. The van der Waals surface area contributed by atoms with E-state index in [1.165, 1.54) is 16.7 Å². The molecule has 3 nitrogen and oxygen atoms in total. The average Bonchev–Trinajstić information content (AvgIpc) is 3.11. The Labute approximate surface area is 181 Å². The van der Waals surface area contributed by atoms with E-state index in [2.05, 4.69) is 36.4 Å². The number of carboxylic acid groups (broad SMARTS) is 1. The zero-order chi connectivity index (χ0) is 17.9. The molecule has 0 saturated heterocycles. The summed E-state index contributed by atoms with van der Waals surface area (Å²) in [5.41, 5.74) is 5.13. The SMILES string of the molecule is O=C(O)c1ccccc1COc1ccc(C2CCc3ccccc32)cc1.[NaH]. The van der Waals surface area contributed by atoms with Crippen LogP contribution in [0, 0.1) is 0 Å². The van der Waals surface area contributed by atoms with Crippen molar-refractivity contribution in [3.05, 3.63) is 101 Å². The summed E-state index contributed by atoms with van der Waals surface area (Å²) in [6, 6.07) is 23.8. The molecule has 3 aromatic rings. The van der Waals surface area contributed by atoms with Crippen molar-refractivity contribution in [1.29, 1.82) is 0 Å². The van der Waals surface area contributed by atoms with Gasteiger partial charge in [0.05, 0.1) is 5.56 Å². The number of hydrogen-bond donors (Lipinski definition) is 1. The summed E-state index contributed by atoms with van der Waals surface area (Å²) in [6.07, 6.45) is 2.27. The molecular weight excluding hydrogens is 347 g/mol. The molecule has 27 heavy (non-hydrogen) atoms. The maximum atomic E-state index is 11.3. The number of aromatic carboxylic acids is 1. The van der Waals surface area contributed by atoms with E-state index in [-0.39, 0.29) is 41.7 Å². The van der Waals surface area contributed by atoms with Crippen molar-refractivity contribution >= 4 is 35.5 Å². The standard InChI is InChI=1S/C23H20O3.Na.H/c24-23(25)22-8-4-2-6-18(22)15-26-19-12-9-17(10-13-19)21-14-11-16-5-1-3-7-20(16)21;;/h1-10,12-13,21H,11,14-15H2,(H,24,25);;. The number of rotatable bonds is 5. The van der Waals surface area contributed by atoms with E-state index in [4.69, 9.17) is 4.74 Å². The third kappa shape index (κ3) is 4.27. The molecular formula is C23H21NaO3. The van der Waals surface area contributed by atoms with E-state index in [1.807, 2.05) is 18.2 Å². The molecule has 0 amide bonds. The Morgan fingerprint density at radius 2 is 1.67 bits per heavy atom. The van der Waals surface area contributed by atoms with E-state index in [0.29, 0.717) is 11.5 Å². The van der Waals surface area contributed by atoms with Gasteiger partial charge in [-0.3, -0.25) is 0 Å². The minimum absolute atomic E-state index is 0. The van der Waals surface area contributed by atoms with Gasteiger partial charge in [-0.25, -0.2) is 4.79 Å². The summed E-state index contributed by atoms with van der Waals surface area (Å²) in [4.78, 5) is 11.3. The topological polar surface area (TPSA) is 46.5 Å². The normalized spacial score (nSPS) is 14.9. The zero-order valence-electron chi connectivity index (χ0n) is 14.4. The van der Waals surface area contributed by atoms with Gasteiger partial charge in [-0.2, -0.15) is 0 Å². The Bertz CT molecular complexity index is 934. The fourth-order valence-electron chi connectivity index (χ4n) is 3.72. The van der Waals surface area contributed by atoms with Crippen molar-refractivity contribution in [2.45, 2.75) is 25.4 Å². The third-order valence-corrected chi connectivity index (χ3v) is 5.06. The van der Waals surface area contributed by atoms with Gasteiger partial charge in [-0.15, -0.1) is 0 Å². The maximum absolute atomic E-state index is 11.3.